The second-order valence-electron chi connectivity index (χ2n) is 5.54. The number of nitrogens with two attached hydrogens (primary N) is 1. The Morgan fingerprint density at radius 1 is 1.33 bits per heavy atom. The first-order valence-corrected chi connectivity index (χ1v) is 7.19. The molecule has 0 aromatic rings. The van der Waals surface area contributed by atoms with Gasteiger partial charge in [-0.1, -0.05) is 0 Å². The van der Waals surface area contributed by atoms with Crippen molar-refractivity contribution in [1.29, 1.82) is 0 Å². The predicted molar refractivity (Wildman–Crippen MR) is 81.4 cm³/mol. The summed E-state index contributed by atoms with van der Waals surface area (Å²) in [6.07, 6.45) is 3.92. The summed E-state index contributed by atoms with van der Waals surface area (Å²) in [7, 11) is 1.70. The Kier molecular flexibility index (Phi) is 7.37. The van der Waals surface area contributed by atoms with Gasteiger partial charge in [0.25, 0.3) is 0 Å². The van der Waals surface area contributed by atoms with Crippen LogP contribution in [0.3, 0.4) is 0 Å². The number of hydrogen-bond donors (Lipinski definition) is 3. The van der Waals surface area contributed by atoms with E-state index in [-0.39, 0.29) is 43.0 Å². The van der Waals surface area contributed by atoms with E-state index in [1.807, 2.05) is 4.90 Å². The van der Waals surface area contributed by atoms with E-state index in [1.165, 1.54) is 0 Å². The molecule has 2 fully saturated rings. The fraction of sp³-hybridized carbons (Fsp3) is 0.846. The van der Waals surface area contributed by atoms with Crippen molar-refractivity contribution in [1.82, 2.24) is 15.5 Å². The lowest BCUT2D eigenvalue weighted by Crippen LogP contribution is -2.53. The van der Waals surface area contributed by atoms with Crippen LogP contribution in [0.15, 0.2) is 0 Å². The number of rotatable bonds is 5. The number of hydrogen-bond acceptors (Lipinski definition) is 5. The van der Waals surface area contributed by atoms with Gasteiger partial charge in [0.15, 0.2) is 0 Å². The maximum Gasteiger partial charge on any atom is 0.321 e. The van der Waals surface area contributed by atoms with E-state index >= 15 is 0 Å². The number of nitrogens with one attached hydrogen (secondary N) is 2. The average Bonchev–Trinajstić information content (AvgIpc) is 3.22. The lowest BCUT2D eigenvalue weighted by Gasteiger charge is -2.37. The smallest absolute Gasteiger partial charge is 0.321 e. The molecule has 122 valence electrons. The number of imide groups is 1. The number of carbonyl (C=O) groups is 2. The third kappa shape index (κ3) is 5.78. The molecule has 8 heteroatoms. The van der Waals surface area contributed by atoms with Crippen molar-refractivity contribution in [2.75, 3.05) is 26.7 Å². The first-order chi connectivity index (χ1) is 9.62. The van der Waals surface area contributed by atoms with Gasteiger partial charge in [0.05, 0.1) is 12.6 Å². The first kappa shape index (κ1) is 18.2. The molecule has 7 nitrogen and oxygen atoms in total. The Labute approximate surface area is 131 Å². The lowest BCUT2D eigenvalue weighted by molar-refractivity contribution is -0.122. The van der Waals surface area contributed by atoms with Crippen LogP contribution in [0, 0.1) is 0 Å². The van der Waals surface area contributed by atoms with Crippen LogP contribution in [-0.4, -0.2) is 61.8 Å². The molecule has 0 radical (unpaired) electrons. The summed E-state index contributed by atoms with van der Waals surface area (Å²) in [6, 6.07) is -0.0171. The zero-order valence-corrected chi connectivity index (χ0v) is 13.2. The van der Waals surface area contributed by atoms with Crippen molar-refractivity contribution in [2.45, 2.75) is 43.9 Å². The fourth-order valence-corrected chi connectivity index (χ4v) is 2.53. The van der Waals surface area contributed by atoms with Crippen LogP contribution in [0.4, 0.5) is 4.79 Å². The molecule has 0 aromatic heterocycles. The summed E-state index contributed by atoms with van der Waals surface area (Å²) in [5.41, 5.74) is 5.75. The van der Waals surface area contributed by atoms with E-state index in [4.69, 9.17) is 10.5 Å². The van der Waals surface area contributed by atoms with Crippen molar-refractivity contribution in [3.63, 3.8) is 0 Å². The number of carbonyl (C=O) groups excluding carboxylic acids is 2. The van der Waals surface area contributed by atoms with Gasteiger partial charge in [0, 0.05) is 32.3 Å². The number of nitrogens with zero attached hydrogens (tertiary/aromatic N) is 1. The standard InChI is InChI=1S/C13H24N4O3.ClH/c1-20-11-4-5-17(10(6-11)7-14)8-12(18)16-13(19)15-9-2-3-9;/h9-11H,2-8,14H2,1H3,(H2,15,16,18,19);1H. The molecule has 3 amide bonds. The summed E-state index contributed by atoms with van der Waals surface area (Å²) in [5, 5.41) is 5.09. The molecule has 0 bridgehead atoms. The van der Waals surface area contributed by atoms with E-state index in [0.717, 1.165) is 32.2 Å². The van der Waals surface area contributed by atoms with Gasteiger partial charge >= 0.3 is 6.03 Å². The minimum absolute atomic E-state index is 0. The third-order valence-corrected chi connectivity index (χ3v) is 3.91. The number of piperidine rings is 1. The van der Waals surface area contributed by atoms with Crippen LogP contribution >= 0.6 is 12.4 Å². The monoisotopic (exact) mass is 320 g/mol. The van der Waals surface area contributed by atoms with Gasteiger partial charge in [-0.05, 0) is 25.7 Å². The minimum atomic E-state index is -0.395. The molecule has 4 N–H and O–H groups in total. The van der Waals surface area contributed by atoms with Crippen molar-refractivity contribution in [3.05, 3.63) is 0 Å². The average molecular weight is 321 g/mol. The maximum atomic E-state index is 11.9. The Morgan fingerprint density at radius 3 is 2.62 bits per heavy atom. The molecule has 1 saturated carbocycles. The molecule has 0 spiro atoms. The third-order valence-electron chi connectivity index (χ3n) is 3.91. The van der Waals surface area contributed by atoms with Gasteiger partial charge in [0.2, 0.25) is 5.91 Å². The Balaban J connectivity index is 0.00000220. The van der Waals surface area contributed by atoms with Crippen LogP contribution in [0.1, 0.15) is 25.7 Å². The molecule has 1 saturated heterocycles. The van der Waals surface area contributed by atoms with Gasteiger partial charge in [-0.3, -0.25) is 15.0 Å². The number of amides is 3. The fourth-order valence-electron chi connectivity index (χ4n) is 2.53. The molecule has 2 rings (SSSR count). The second kappa shape index (κ2) is 8.53. The molecule has 1 aliphatic carbocycles. The summed E-state index contributed by atoms with van der Waals surface area (Å²) in [6.45, 7) is 1.45. The van der Waals surface area contributed by atoms with Crippen LogP contribution in [0.5, 0.6) is 0 Å². The van der Waals surface area contributed by atoms with E-state index < -0.39 is 6.03 Å². The highest BCUT2D eigenvalue weighted by molar-refractivity contribution is 5.95. The number of likely N-dealkylation sites (tertiary alicyclic amines) is 1. The van der Waals surface area contributed by atoms with E-state index in [2.05, 4.69) is 10.6 Å². The quantitative estimate of drug-likeness (QED) is 0.654. The van der Waals surface area contributed by atoms with Gasteiger partial charge < -0.3 is 15.8 Å². The summed E-state index contributed by atoms with van der Waals surface area (Å²) < 4.78 is 5.34. The Bertz CT molecular complexity index is 365. The number of methoxy groups -OCH3 is 1. The van der Waals surface area contributed by atoms with Gasteiger partial charge in [0.1, 0.15) is 0 Å². The van der Waals surface area contributed by atoms with Crippen LogP contribution in [0.25, 0.3) is 0 Å². The normalized spacial score (nSPS) is 25.8. The summed E-state index contributed by atoms with van der Waals surface area (Å²) in [4.78, 5) is 25.4. The molecule has 2 aliphatic rings. The van der Waals surface area contributed by atoms with Gasteiger partial charge in [-0.25, -0.2) is 4.79 Å². The Hall–Kier alpha value is -0.890. The molecule has 2 unspecified atom stereocenters. The molecule has 2 atom stereocenters. The van der Waals surface area contributed by atoms with Gasteiger partial charge in [-0.2, -0.15) is 0 Å². The van der Waals surface area contributed by atoms with Crippen LogP contribution < -0.4 is 16.4 Å². The SMILES string of the molecule is COC1CCN(CC(=O)NC(=O)NC2CC2)C(CN)C1.Cl. The molecular weight excluding hydrogens is 296 g/mol. The summed E-state index contributed by atoms with van der Waals surface area (Å²) >= 11 is 0. The van der Waals surface area contributed by atoms with Crippen molar-refractivity contribution in [2.24, 2.45) is 5.73 Å². The zero-order valence-electron chi connectivity index (χ0n) is 12.3. The maximum absolute atomic E-state index is 11.9. The second-order valence-corrected chi connectivity index (χ2v) is 5.54. The van der Waals surface area contributed by atoms with Crippen molar-refractivity contribution >= 4 is 24.3 Å². The van der Waals surface area contributed by atoms with Crippen LogP contribution in [-0.2, 0) is 9.53 Å². The molecule has 1 aliphatic heterocycles. The highest BCUT2D eigenvalue weighted by Gasteiger charge is 2.29. The van der Waals surface area contributed by atoms with Gasteiger partial charge in [-0.15, -0.1) is 12.4 Å². The van der Waals surface area contributed by atoms with E-state index in [0.29, 0.717) is 6.54 Å². The topological polar surface area (TPSA) is 96.7 Å². The highest BCUT2D eigenvalue weighted by atomic mass is 35.5. The molecular formula is C13H25ClN4O3. The largest absolute Gasteiger partial charge is 0.381 e. The molecule has 0 aromatic carbocycles. The highest BCUT2D eigenvalue weighted by Crippen LogP contribution is 2.19. The lowest BCUT2D eigenvalue weighted by atomic mass is 9.99. The molecule has 1 heterocycles. The number of halogens is 1. The van der Waals surface area contributed by atoms with E-state index in [9.17, 15) is 9.59 Å². The number of ether oxygens (including phenoxy) is 1. The zero-order chi connectivity index (χ0) is 14.5. The minimum Gasteiger partial charge on any atom is -0.381 e. The number of urea groups is 1. The predicted octanol–water partition coefficient (Wildman–Crippen LogP) is -0.165. The van der Waals surface area contributed by atoms with Crippen molar-refractivity contribution < 1.29 is 14.3 Å². The Morgan fingerprint density at radius 2 is 2.05 bits per heavy atom. The first-order valence-electron chi connectivity index (χ1n) is 7.19. The van der Waals surface area contributed by atoms with Crippen LogP contribution in [0.2, 0.25) is 0 Å². The summed E-state index contributed by atoms with van der Waals surface area (Å²) in [5.74, 6) is -0.280. The van der Waals surface area contributed by atoms with E-state index in [1.54, 1.807) is 7.11 Å². The van der Waals surface area contributed by atoms with Crippen molar-refractivity contribution in [3.8, 4) is 0 Å². The molecule has 21 heavy (non-hydrogen) atoms.